The number of carbonyl (C=O) groups is 1. The summed E-state index contributed by atoms with van der Waals surface area (Å²) in [5.74, 6) is 1.31. The summed E-state index contributed by atoms with van der Waals surface area (Å²) in [6.07, 6.45) is 1.57. The van der Waals surface area contributed by atoms with E-state index in [2.05, 4.69) is 20.6 Å². The number of alkyl halides is 1. The highest BCUT2D eigenvalue weighted by molar-refractivity contribution is 6.31. The van der Waals surface area contributed by atoms with Crippen LogP contribution in [0.15, 0.2) is 18.2 Å². The molecule has 0 bridgehead atoms. The number of aromatic nitrogens is 2. The first-order chi connectivity index (χ1) is 9.69. The lowest BCUT2D eigenvalue weighted by Crippen LogP contribution is -2.37. The van der Waals surface area contributed by atoms with Gasteiger partial charge in [-0.3, -0.25) is 0 Å². The Morgan fingerprint density at radius 3 is 2.90 bits per heavy atom. The smallest absolute Gasteiger partial charge is 0.314 e. The molecule has 0 fully saturated rings. The van der Waals surface area contributed by atoms with E-state index in [-0.39, 0.29) is 6.03 Å². The van der Waals surface area contributed by atoms with E-state index in [9.17, 15) is 4.79 Å². The molecule has 2 amide bonds. The number of halogens is 2. The third kappa shape index (κ3) is 4.28. The standard InChI is InChI=1S/C13H16Cl2N4O/c14-5-7-17-13(20)16-6-1-2-12-18-10-4-3-9(15)8-11(10)19-12/h3-4,8H,1-2,5-7H2,(H,18,19)(H2,16,17,20). The van der Waals surface area contributed by atoms with Crippen LogP contribution in [0.3, 0.4) is 0 Å². The second-order valence-corrected chi connectivity index (χ2v) is 5.13. The van der Waals surface area contributed by atoms with E-state index in [1.54, 1.807) is 0 Å². The normalized spacial score (nSPS) is 10.7. The monoisotopic (exact) mass is 314 g/mol. The zero-order chi connectivity index (χ0) is 14.4. The number of H-pyrrole nitrogens is 1. The second-order valence-electron chi connectivity index (χ2n) is 4.32. The van der Waals surface area contributed by atoms with E-state index in [1.807, 2.05) is 18.2 Å². The largest absolute Gasteiger partial charge is 0.342 e. The van der Waals surface area contributed by atoms with E-state index in [0.29, 0.717) is 24.0 Å². The van der Waals surface area contributed by atoms with Crippen molar-refractivity contribution >= 4 is 40.3 Å². The number of amides is 2. The number of fused-ring (bicyclic) bond motifs is 1. The number of nitrogens with one attached hydrogen (secondary N) is 3. The van der Waals surface area contributed by atoms with Crippen molar-refractivity contribution in [3.8, 4) is 0 Å². The molecular formula is C13H16Cl2N4O. The van der Waals surface area contributed by atoms with Crippen molar-refractivity contribution in [3.05, 3.63) is 29.0 Å². The molecule has 7 heteroatoms. The predicted molar refractivity (Wildman–Crippen MR) is 81.5 cm³/mol. The molecule has 1 heterocycles. The first-order valence-corrected chi connectivity index (χ1v) is 7.32. The minimum Gasteiger partial charge on any atom is -0.342 e. The number of imidazole rings is 1. The number of carbonyl (C=O) groups excluding carboxylic acids is 1. The van der Waals surface area contributed by atoms with Gasteiger partial charge in [-0.2, -0.15) is 0 Å². The molecule has 0 atom stereocenters. The van der Waals surface area contributed by atoms with Crippen LogP contribution in [0, 0.1) is 0 Å². The molecule has 0 aliphatic carbocycles. The van der Waals surface area contributed by atoms with E-state index in [4.69, 9.17) is 23.2 Å². The van der Waals surface area contributed by atoms with Gasteiger partial charge < -0.3 is 15.6 Å². The third-order valence-corrected chi connectivity index (χ3v) is 3.17. The molecule has 1 aromatic carbocycles. The highest BCUT2D eigenvalue weighted by Gasteiger charge is 2.04. The van der Waals surface area contributed by atoms with E-state index in [0.717, 1.165) is 29.7 Å². The fourth-order valence-corrected chi connectivity index (χ4v) is 2.10. The number of nitrogens with zero attached hydrogens (tertiary/aromatic N) is 1. The molecular weight excluding hydrogens is 299 g/mol. The van der Waals surface area contributed by atoms with Crippen molar-refractivity contribution in [2.75, 3.05) is 19.0 Å². The van der Waals surface area contributed by atoms with Crippen LogP contribution in [0.4, 0.5) is 4.79 Å². The minimum atomic E-state index is -0.193. The van der Waals surface area contributed by atoms with Crippen LogP contribution < -0.4 is 10.6 Å². The molecule has 0 aliphatic heterocycles. The van der Waals surface area contributed by atoms with Gasteiger partial charge in [-0.15, -0.1) is 11.6 Å². The van der Waals surface area contributed by atoms with Gasteiger partial charge in [0, 0.05) is 30.4 Å². The number of benzene rings is 1. The van der Waals surface area contributed by atoms with Gasteiger partial charge >= 0.3 is 6.03 Å². The molecule has 0 spiro atoms. The van der Waals surface area contributed by atoms with Crippen molar-refractivity contribution in [3.63, 3.8) is 0 Å². The first kappa shape index (κ1) is 14.9. The molecule has 0 radical (unpaired) electrons. The SMILES string of the molecule is O=C(NCCCl)NCCCc1nc2ccc(Cl)cc2[nH]1. The number of aryl methyl sites for hydroxylation is 1. The fourth-order valence-electron chi connectivity index (χ4n) is 1.83. The summed E-state index contributed by atoms with van der Waals surface area (Å²) >= 11 is 11.4. The number of hydrogen-bond acceptors (Lipinski definition) is 2. The minimum absolute atomic E-state index is 0.193. The van der Waals surface area contributed by atoms with Gasteiger partial charge in [0.05, 0.1) is 11.0 Å². The number of rotatable bonds is 6. The molecule has 2 rings (SSSR count). The Bertz CT molecular complexity index is 585. The summed E-state index contributed by atoms with van der Waals surface area (Å²) in [7, 11) is 0. The maximum atomic E-state index is 11.3. The van der Waals surface area contributed by atoms with Crippen LogP contribution in [0.25, 0.3) is 11.0 Å². The van der Waals surface area contributed by atoms with E-state index >= 15 is 0 Å². The lowest BCUT2D eigenvalue weighted by Gasteiger charge is -2.05. The lowest BCUT2D eigenvalue weighted by atomic mass is 10.3. The number of hydrogen-bond donors (Lipinski definition) is 3. The topological polar surface area (TPSA) is 69.8 Å². The molecule has 0 saturated carbocycles. The second kappa shape index (κ2) is 7.36. The van der Waals surface area contributed by atoms with Crippen LogP contribution in [-0.2, 0) is 6.42 Å². The van der Waals surface area contributed by atoms with E-state index in [1.165, 1.54) is 0 Å². The van der Waals surface area contributed by atoms with Crippen molar-refractivity contribution in [1.82, 2.24) is 20.6 Å². The van der Waals surface area contributed by atoms with Crippen LogP contribution in [0.2, 0.25) is 5.02 Å². The Balaban J connectivity index is 1.77. The van der Waals surface area contributed by atoms with Crippen molar-refractivity contribution in [1.29, 1.82) is 0 Å². The summed E-state index contributed by atoms with van der Waals surface area (Å²) in [4.78, 5) is 19.0. The Morgan fingerprint density at radius 1 is 1.30 bits per heavy atom. The van der Waals surface area contributed by atoms with Crippen LogP contribution in [-0.4, -0.2) is 35.0 Å². The number of aromatic amines is 1. The molecule has 108 valence electrons. The molecule has 20 heavy (non-hydrogen) atoms. The third-order valence-electron chi connectivity index (χ3n) is 2.75. The predicted octanol–water partition coefficient (Wildman–Crippen LogP) is 2.69. The van der Waals surface area contributed by atoms with Gasteiger partial charge in [-0.05, 0) is 24.6 Å². The molecule has 5 nitrogen and oxygen atoms in total. The van der Waals surface area contributed by atoms with Crippen molar-refractivity contribution < 1.29 is 4.79 Å². The van der Waals surface area contributed by atoms with Gasteiger partial charge in [0.15, 0.2) is 0 Å². The zero-order valence-corrected chi connectivity index (χ0v) is 12.4. The van der Waals surface area contributed by atoms with Gasteiger partial charge in [0.1, 0.15) is 5.82 Å². The summed E-state index contributed by atoms with van der Waals surface area (Å²) in [5.41, 5.74) is 1.83. The summed E-state index contributed by atoms with van der Waals surface area (Å²) < 4.78 is 0. The van der Waals surface area contributed by atoms with Gasteiger partial charge in [-0.25, -0.2) is 9.78 Å². The van der Waals surface area contributed by atoms with Crippen LogP contribution in [0.1, 0.15) is 12.2 Å². The van der Waals surface area contributed by atoms with Crippen LogP contribution >= 0.6 is 23.2 Å². The maximum absolute atomic E-state index is 11.3. The molecule has 2 aromatic rings. The molecule has 1 aromatic heterocycles. The maximum Gasteiger partial charge on any atom is 0.314 e. The molecule has 0 saturated heterocycles. The molecule has 0 unspecified atom stereocenters. The highest BCUT2D eigenvalue weighted by atomic mass is 35.5. The molecule has 0 aliphatic rings. The van der Waals surface area contributed by atoms with Crippen molar-refractivity contribution in [2.24, 2.45) is 0 Å². The first-order valence-electron chi connectivity index (χ1n) is 6.41. The summed E-state index contributed by atoms with van der Waals surface area (Å²) in [6.45, 7) is 1.06. The molecule has 3 N–H and O–H groups in total. The van der Waals surface area contributed by atoms with Gasteiger partial charge in [0.25, 0.3) is 0 Å². The lowest BCUT2D eigenvalue weighted by molar-refractivity contribution is 0.241. The van der Waals surface area contributed by atoms with Gasteiger partial charge in [-0.1, -0.05) is 11.6 Å². The summed E-state index contributed by atoms with van der Waals surface area (Å²) in [6, 6.07) is 5.36. The van der Waals surface area contributed by atoms with Crippen LogP contribution in [0.5, 0.6) is 0 Å². The zero-order valence-electron chi connectivity index (χ0n) is 10.9. The summed E-state index contributed by atoms with van der Waals surface area (Å²) in [5, 5.41) is 6.08. The van der Waals surface area contributed by atoms with E-state index < -0.39 is 0 Å². The highest BCUT2D eigenvalue weighted by Crippen LogP contribution is 2.17. The Morgan fingerprint density at radius 2 is 2.10 bits per heavy atom. The quantitative estimate of drug-likeness (QED) is 0.566. The van der Waals surface area contributed by atoms with Gasteiger partial charge in [0.2, 0.25) is 0 Å². The fraction of sp³-hybridized carbons (Fsp3) is 0.385. The number of urea groups is 1. The Kier molecular flexibility index (Phi) is 5.49. The van der Waals surface area contributed by atoms with Crippen molar-refractivity contribution in [2.45, 2.75) is 12.8 Å². The Labute approximate surface area is 127 Å². The Hall–Kier alpha value is -1.46. The average molecular weight is 315 g/mol. The average Bonchev–Trinajstić information content (AvgIpc) is 2.83.